The summed E-state index contributed by atoms with van der Waals surface area (Å²) in [4.78, 5) is 25.2. The lowest BCUT2D eigenvalue weighted by Gasteiger charge is -2.46. The summed E-state index contributed by atoms with van der Waals surface area (Å²) < 4.78 is 26.8. The highest BCUT2D eigenvalue weighted by atomic mass is 16.8. The number of carbonyl (C=O) groups excluding carboxylic acids is 2. The van der Waals surface area contributed by atoms with Gasteiger partial charge in [0.15, 0.2) is 6.29 Å². The molecule has 3 aliphatic rings. The second-order valence-electron chi connectivity index (χ2n) is 9.45. The molecule has 4 rings (SSSR count). The van der Waals surface area contributed by atoms with E-state index in [1.807, 2.05) is 0 Å². The average molecular weight is 526 g/mol. The van der Waals surface area contributed by atoms with Crippen LogP contribution in [0.5, 0.6) is 0 Å². The fourth-order valence-electron chi connectivity index (χ4n) is 5.08. The standard InChI is InChI=1S/C24H30O13/c1-23(31)14(36-19(29)11-6-4-3-5-7-11)8-24(32)12(20(30)33-2)10-34-22(18(23)24)37-21-17(28)16(27)15(26)13(9-25)35-21/h3-7,10,13-18,21-22,25-28,31-32H,8-9H2,1-2H3. The highest BCUT2D eigenvalue weighted by molar-refractivity contribution is 5.91. The van der Waals surface area contributed by atoms with Crippen molar-refractivity contribution in [3.63, 3.8) is 0 Å². The third kappa shape index (κ3) is 4.73. The SMILES string of the molecule is COC(=O)C1=COC(OC2OC(CO)C(O)C(O)C2O)C2C1(O)CC(OC(=O)c1ccccc1)C2(C)O. The highest BCUT2D eigenvalue weighted by Gasteiger charge is 2.69. The first-order chi connectivity index (χ1) is 17.4. The van der Waals surface area contributed by atoms with Crippen molar-refractivity contribution in [3.05, 3.63) is 47.7 Å². The van der Waals surface area contributed by atoms with Crippen LogP contribution < -0.4 is 0 Å². The molecule has 37 heavy (non-hydrogen) atoms. The molecular formula is C24H30O13. The smallest absolute Gasteiger partial charge is 0.339 e. The van der Waals surface area contributed by atoms with E-state index in [0.717, 1.165) is 13.4 Å². The molecule has 13 heteroatoms. The van der Waals surface area contributed by atoms with Crippen LogP contribution in [0.25, 0.3) is 0 Å². The maximum Gasteiger partial charge on any atom is 0.339 e. The zero-order valence-electron chi connectivity index (χ0n) is 20.0. The molecule has 1 aromatic rings. The third-order valence-corrected chi connectivity index (χ3v) is 7.13. The van der Waals surface area contributed by atoms with Gasteiger partial charge in [-0.3, -0.25) is 0 Å². The zero-order chi connectivity index (χ0) is 27.1. The van der Waals surface area contributed by atoms with Gasteiger partial charge in [-0.05, 0) is 19.1 Å². The molecule has 1 saturated carbocycles. The topological polar surface area (TPSA) is 202 Å². The number of carbonyl (C=O) groups is 2. The molecule has 1 aliphatic carbocycles. The van der Waals surface area contributed by atoms with E-state index in [1.165, 1.54) is 19.1 Å². The third-order valence-electron chi connectivity index (χ3n) is 7.13. The van der Waals surface area contributed by atoms with E-state index in [0.29, 0.717) is 0 Å². The molecule has 204 valence electrons. The molecule has 1 saturated heterocycles. The van der Waals surface area contributed by atoms with E-state index in [4.69, 9.17) is 23.7 Å². The first kappa shape index (κ1) is 27.4. The van der Waals surface area contributed by atoms with Crippen molar-refractivity contribution < 1.29 is 63.9 Å². The largest absolute Gasteiger partial charge is 0.471 e. The summed E-state index contributed by atoms with van der Waals surface area (Å²) in [6, 6.07) is 7.94. The maximum atomic E-state index is 12.7. The molecule has 10 unspecified atom stereocenters. The van der Waals surface area contributed by atoms with Crippen molar-refractivity contribution in [2.75, 3.05) is 13.7 Å². The number of aliphatic hydroxyl groups excluding tert-OH is 4. The first-order valence-corrected chi connectivity index (χ1v) is 11.6. The van der Waals surface area contributed by atoms with Crippen molar-refractivity contribution >= 4 is 11.9 Å². The first-order valence-electron chi connectivity index (χ1n) is 11.6. The van der Waals surface area contributed by atoms with Gasteiger partial charge in [0.2, 0.25) is 6.29 Å². The van der Waals surface area contributed by atoms with E-state index < -0.39 is 85.2 Å². The van der Waals surface area contributed by atoms with Crippen molar-refractivity contribution in [3.8, 4) is 0 Å². The van der Waals surface area contributed by atoms with Crippen LogP contribution in [0.1, 0.15) is 23.7 Å². The Morgan fingerprint density at radius 2 is 1.70 bits per heavy atom. The number of aliphatic hydroxyl groups is 6. The monoisotopic (exact) mass is 526 g/mol. The lowest BCUT2D eigenvalue weighted by Crippen LogP contribution is -2.62. The second-order valence-corrected chi connectivity index (χ2v) is 9.45. The molecule has 10 atom stereocenters. The Balaban J connectivity index is 1.65. The van der Waals surface area contributed by atoms with Gasteiger partial charge < -0.3 is 54.3 Å². The summed E-state index contributed by atoms with van der Waals surface area (Å²) >= 11 is 0. The molecule has 2 heterocycles. The lowest BCUT2D eigenvalue weighted by atomic mass is 9.77. The Bertz CT molecular complexity index is 1020. The summed E-state index contributed by atoms with van der Waals surface area (Å²) in [6.45, 7) is 0.539. The molecule has 0 bridgehead atoms. The number of hydrogen-bond donors (Lipinski definition) is 6. The van der Waals surface area contributed by atoms with Crippen LogP contribution in [-0.2, 0) is 28.5 Å². The van der Waals surface area contributed by atoms with Crippen LogP contribution in [-0.4, -0.2) is 111 Å². The molecule has 13 nitrogen and oxygen atoms in total. The quantitative estimate of drug-likeness (QED) is 0.221. The van der Waals surface area contributed by atoms with Gasteiger partial charge in [0.05, 0.1) is 31.5 Å². The van der Waals surface area contributed by atoms with Gasteiger partial charge in [-0.1, -0.05) is 18.2 Å². The van der Waals surface area contributed by atoms with Crippen LogP contribution >= 0.6 is 0 Å². The number of benzene rings is 1. The van der Waals surface area contributed by atoms with Crippen molar-refractivity contribution in [1.82, 2.24) is 0 Å². The number of hydrogen-bond acceptors (Lipinski definition) is 13. The van der Waals surface area contributed by atoms with E-state index in [1.54, 1.807) is 18.2 Å². The molecule has 0 spiro atoms. The Morgan fingerprint density at radius 3 is 2.32 bits per heavy atom. The molecule has 1 aromatic carbocycles. The molecule has 0 aromatic heterocycles. The lowest BCUT2D eigenvalue weighted by molar-refractivity contribution is -0.352. The van der Waals surface area contributed by atoms with E-state index in [-0.39, 0.29) is 11.1 Å². The van der Waals surface area contributed by atoms with Crippen molar-refractivity contribution in [2.24, 2.45) is 5.92 Å². The normalized spacial score (nSPS) is 41.2. The number of esters is 2. The van der Waals surface area contributed by atoms with Crippen LogP contribution in [0.15, 0.2) is 42.2 Å². The summed E-state index contributed by atoms with van der Waals surface area (Å²) in [5, 5.41) is 63.2. The predicted octanol–water partition coefficient (Wildman–Crippen LogP) is -2.06. The Hall–Kier alpha value is -2.62. The number of fused-ring (bicyclic) bond motifs is 1. The summed E-state index contributed by atoms with van der Waals surface area (Å²) in [6.07, 6.45) is -10.7. The second kappa shape index (κ2) is 10.3. The molecule has 2 fully saturated rings. The van der Waals surface area contributed by atoms with Gasteiger partial charge in [-0.2, -0.15) is 0 Å². The summed E-state index contributed by atoms with van der Waals surface area (Å²) in [5.74, 6) is -3.26. The van der Waals surface area contributed by atoms with Crippen LogP contribution in [0, 0.1) is 5.92 Å². The minimum absolute atomic E-state index is 0.189. The Morgan fingerprint density at radius 1 is 1.03 bits per heavy atom. The number of rotatable bonds is 6. The number of ether oxygens (including phenoxy) is 5. The van der Waals surface area contributed by atoms with Crippen molar-refractivity contribution in [2.45, 2.75) is 67.6 Å². The van der Waals surface area contributed by atoms with Gasteiger partial charge in [-0.15, -0.1) is 0 Å². The average Bonchev–Trinajstić information content (AvgIpc) is 3.09. The molecule has 6 N–H and O–H groups in total. The van der Waals surface area contributed by atoms with Gasteiger partial charge in [0.1, 0.15) is 47.3 Å². The van der Waals surface area contributed by atoms with E-state index in [2.05, 4.69) is 0 Å². The predicted molar refractivity (Wildman–Crippen MR) is 119 cm³/mol. The van der Waals surface area contributed by atoms with E-state index in [9.17, 15) is 40.2 Å². The minimum atomic E-state index is -2.19. The Labute approximate surface area is 211 Å². The zero-order valence-corrected chi connectivity index (χ0v) is 20.0. The Kier molecular flexibility index (Phi) is 7.61. The molecule has 0 radical (unpaired) electrons. The van der Waals surface area contributed by atoms with Gasteiger partial charge >= 0.3 is 11.9 Å². The maximum absolute atomic E-state index is 12.7. The molecule has 2 aliphatic heterocycles. The summed E-state index contributed by atoms with van der Waals surface area (Å²) in [5.41, 5.74) is -4.43. The fourth-order valence-corrected chi connectivity index (χ4v) is 5.08. The molecule has 0 amide bonds. The fraction of sp³-hybridized carbons (Fsp3) is 0.583. The van der Waals surface area contributed by atoms with Gasteiger partial charge in [0.25, 0.3) is 0 Å². The minimum Gasteiger partial charge on any atom is -0.471 e. The molecular weight excluding hydrogens is 496 g/mol. The number of methoxy groups -OCH3 is 1. The van der Waals surface area contributed by atoms with Gasteiger partial charge in [0, 0.05) is 6.42 Å². The van der Waals surface area contributed by atoms with Crippen LogP contribution in [0.2, 0.25) is 0 Å². The van der Waals surface area contributed by atoms with Crippen LogP contribution in [0.3, 0.4) is 0 Å². The van der Waals surface area contributed by atoms with E-state index >= 15 is 0 Å². The van der Waals surface area contributed by atoms with Gasteiger partial charge in [-0.25, -0.2) is 9.59 Å². The highest BCUT2D eigenvalue weighted by Crippen LogP contribution is 2.53. The summed E-state index contributed by atoms with van der Waals surface area (Å²) in [7, 11) is 1.08. The van der Waals surface area contributed by atoms with Crippen LogP contribution in [0.4, 0.5) is 0 Å². The van der Waals surface area contributed by atoms with Crippen molar-refractivity contribution in [1.29, 1.82) is 0 Å².